The van der Waals surface area contributed by atoms with Gasteiger partial charge in [-0.05, 0) is 36.4 Å². The van der Waals surface area contributed by atoms with Gasteiger partial charge in [0.1, 0.15) is 0 Å². The number of aromatic nitrogens is 4. The fourth-order valence-electron chi connectivity index (χ4n) is 2.55. The van der Waals surface area contributed by atoms with Crippen molar-refractivity contribution in [1.29, 1.82) is 0 Å². The summed E-state index contributed by atoms with van der Waals surface area (Å²) in [6, 6.07) is 13.2. The molecule has 0 atom stereocenters. The second-order valence-electron chi connectivity index (χ2n) is 5.70. The van der Waals surface area contributed by atoms with Crippen molar-refractivity contribution < 1.29 is 4.79 Å². The number of pyridine rings is 1. The van der Waals surface area contributed by atoms with Crippen LogP contribution in [0.5, 0.6) is 0 Å². The maximum absolute atomic E-state index is 13.1. The third-order valence-corrected chi connectivity index (χ3v) is 5.33. The van der Waals surface area contributed by atoms with Gasteiger partial charge in [0.2, 0.25) is 0 Å². The number of hydrogen-bond donors (Lipinski definition) is 0. The predicted octanol–water partition coefficient (Wildman–Crippen LogP) is 4.03. The first-order valence-electron chi connectivity index (χ1n) is 7.88. The first-order chi connectivity index (χ1) is 12.6. The number of carbonyl (C=O) groups excluding carboxylic acids is 1. The zero-order chi connectivity index (χ0) is 18.1. The summed E-state index contributed by atoms with van der Waals surface area (Å²) in [5, 5.41) is 4.87. The number of amides is 1. The second-order valence-corrected chi connectivity index (χ2v) is 7.62. The maximum Gasteiger partial charge on any atom is 0.280 e. The van der Waals surface area contributed by atoms with E-state index in [-0.39, 0.29) is 5.91 Å². The third-order valence-electron chi connectivity index (χ3n) is 3.79. The molecule has 0 saturated heterocycles. The summed E-state index contributed by atoms with van der Waals surface area (Å²) in [6.45, 7) is 0.331. The van der Waals surface area contributed by atoms with Gasteiger partial charge in [0.15, 0.2) is 10.8 Å². The Kier molecular flexibility index (Phi) is 4.52. The number of anilines is 1. The molecule has 3 heterocycles. The van der Waals surface area contributed by atoms with Gasteiger partial charge in [0.05, 0.1) is 22.5 Å². The quantitative estimate of drug-likeness (QED) is 0.492. The molecule has 0 fully saturated rings. The van der Waals surface area contributed by atoms with Gasteiger partial charge in [-0.1, -0.05) is 33.3 Å². The van der Waals surface area contributed by atoms with Crippen molar-refractivity contribution in [3.05, 3.63) is 70.7 Å². The molecule has 26 heavy (non-hydrogen) atoms. The molecular formula is C18H14BrN5OS. The van der Waals surface area contributed by atoms with Crippen LogP contribution in [-0.4, -0.2) is 25.7 Å². The number of halogens is 1. The third kappa shape index (κ3) is 3.38. The average molecular weight is 428 g/mol. The molecule has 0 aliphatic heterocycles. The Labute approximate surface area is 162 Å². The van der Waals surface area contributed by atoms with E-state index in [2.05, 4.69) is 31.0 Å². The van der Waals surface area contributed by atoms with Gasteiger partial charge >= 0.3 is 0 Å². The SMILES string of the molecule is Cn1ccc(C(=O)N(Cc2ccccn2)c2nc3ccc(Br)cc3s2)n1. The summed E-state index contributed by atoms with van der Waals surface area (Å²) < 4.78 is 3.60. The molecule has 4 aromatic rings. The number of aryl methyl sites for hydroxylation is 1. The fraction of sp³-hybridized carbons (Fsp3) is 0.111. The Hall–Kier alpha value is -2.58. The first-order valence-corrected chi connectivity index (χ1v) is 9.48. The van der Waals surface area contributed by atoms with Gasteiger partial charge in [0.25, 0.3) is 5.91 Å². The smallest absolute Gasteiger partial charge is 0.276 e. The highest BCUT2D eigenvalue weighted by molar-refractivity contribution is 9.10. The van der Waals surface area contributed by atoms with Crippen molar-refractivity contribution in [2.45, 2.75) is 6.54 Å². The van der Waals surface area contributed by atoms with Crippen LogP contribution in [-0.2, 0) is 13.6 Å². The first kappa shape index (κ1) is 16.9. The van der Waals surface area contributed by atoms with Crippen molar-refractivity contribution in [2.75, 3.05) is 4.90 Å². The van der Waals surface area contributed by atoms with E-state index in [1.54, 1.807) is 35.1 Å². The summed E-state index contributed by atoms with van der Waals surface area (Å²) in [6.07, 6.45) is 3.47. The summed E-state index contributed by atoms with van der Waals surface area (Å²) in [5.41, 5.74) is 2.02. The van der Waals surface area contributed by atoms with E-state index in [9.17, 15) is 4.79 Å². The van der Waals surface area contributed by atoms with Crippen molar-refractivity contribution >= 4 is 48.5 Å². The van der Waals surface area contributed by atoms with Gasteiger partial charge in [-0.25, -0.2) is 4.98 Å². The fourth-order valence-corrected chi connectivity index (χ4v) is 4.06. The highest BCUT2D eigenvalue weighted by atomic mass is 79.9. The zero-order valence-electron chi connectivity index (χ0n) is 13.8. The minimum absolute atomic E-state index is 0.200. The van der Waals surface area contributed by atoms with E-state index >= 15 is 0 Å². The van der Waals surface area contributed by atoms with Gasteiger partial charge in [0, 0.05) is 23.9 Å². The highest BCUT2D eigenvalue weighted by Gasteiger charge is 2.24. The monoisotopic (exact) mass is 427 g/mol. The number of nitrogens with zero attached hydrogens (tertiary/aromatic N) is 5. The van der Waals surface area contributed by atoms with Crippen LogP contribution in [0.15, 0.2) is 59.3 Å². The number of rotatable bonds is 4. The lowest BCUT2D eigenvalue weighted by atomic mass is 10.3. The van der Waals surface area contributed by atoms with Gasteiger partial charge < -0.3 is 0 Å². The van der Waals surface area contributed by atoms with Crippen molar-refractivity contribution in [3.8, 4) is 0 Å². The molecule has 130 valence electrons. The van der Waals surface area contributed by atoms with Crippen LogP contribution in [0, 0.1) is 0 Å². The average Bonchev–Trinajstić information content (AvgIpc) is 3.25. The Morgan fingerprint density at radius 1 is 1.27 bits per heavy atom. The molecule has 4 rings (SSSR count). The van der Waals surface area contributed by atoms with E-state index < -0.39 is 0 Å². The Bertz CT molecular complexity index is 1080. The molecule has 0 radical (unpaired) electrons. The lowest BCUT2D eigenvalue weighted by molar-refractivity contribution is 0.0979. The molecule has 0 unspecified atom stereocenters. The molecule has 0 bridgehead atoms. The van der Waals surface area contributed by atoms with Crippen LogP contribution in [0.4, 0.5) is 5.13 Å². The number of hydrogen-bond acceptors (Lipinski definition) is 5. The number of thiazole rings is 1. The highest BCUT2D eigenvalue weighted by Crippen LogP contribution is 2.32. The van der Waals surface area contributed by atoms with Crippen LogP contribution in [0.25, 0.3) is 10.2 Å². The van der Waals surface area contributed by atoms with E-state index in [4.69, 9.17) is 0 Å². The lowest BCUT2D eigenvalue weighted by Crippen LogP contribution is -2.31. The molecule has 1 amide bonds. The lowest BCUT2D eigenvalue weighted by Gasteiger charge is -2.18. The molecule has 0 N–H and O–H groups in total. The molecule has 6 nitrogen and oxygen atoms in total. The summed E-state index contributed by atoms with van der Waals surface area (Å²) in [4.78, 5) is 23.7. The Morgan fingerprint density at radius 3 is 2.88 bits per heavy atom. The topological polar surface area (TPSA) is 63.9 Å². The van der Waals surface area contributed by atoms with E-state index in [1.165, 1.54) is 11.3 Å². The van der Waals surface area contributed by atoms with Crippen LogP contribution in [0.2, 0.25) is 0 Å². The van der Waals surface area contributed by atoms with Crippen LogP contribution >= 0.6 is 27.3 Å². The molecular weight excluding hydrogens is 414 g/mol. The molecule has 3 aromatic heterocycles. The van der Waals surface area contributed by atoms with E-state index in [0.29, 0.717) is 17.4 Å². The molecule has 0 spiro atoms. The number of fused-ring (bicyclic) bond motifs is 1. The van der Waals surface area contributed by atoms with Crippen molar-refractivity contribution in [3.63, 3.8) is 0 Å². The Balaban J connectivity index is 1.76. The van der Waals surface area contributed by atoms with Crippen LogP contribution < -0.4 is 4.90 Å². The van der Waals surface area contributed by atoms with Gasteiger partial charge in [-0.15, -0.1) is 0 Å². The minimum atomic E-state index is -0.200. The predicted molar refractivity (Wildman–Crippen MR) is 105 cm³/mol. The molecule has 0 aliphatic carbocycles. The summed E-state index contributed by atoms with van der Waals surface area (Å²) in [5.74, 6) is -0.200. The van der Waals surface area contributed by atoms with Crippen molar-refractivity contribution in [1.82, 2.24) is 19.7 Å². The minimum Gasteiger partial charge on any atom is -0.276 e. The number of carbonyl (C=O) groups is 1. The van der Waals surface area contributed by atoms with Gasteiger partial charge in [-0.2, -0.15) is 5.10 Å². The standard InChI is InChI=1S/C18H14BrN5OS/c1-23-9-7-15(22-23)17(25)24(11-13-4-2-3-8-20-13)18-21-14-6-5-12(19)10-16(14)26-18/h2-10H,11H2,1H3. The largest absolute Gasteiger partial charge is 0.280 e. The zero-order valence-corrected chi connectivity index (χ0v) is 16.2. The normalized spacial score (nSPS) is 11.0. The molecule has 8 heteroatoms. The summed E-state index contributed by atoms with van der Waals surface area (Å²) >= 11 is 4.95. The second kappa shape index (κ2) is 6.97. The van der Waals surface area contributed by atoms with Crippen LogP contribution in [0.1, 0.15) is 16.2 Å². The van der Waals surface area contributed by atoms with E-state index in [1.807, 2.05) is 36.4 Å². The van der Waals surface area contributed by atoms with Crippen molar-refractivity contribution in [2.24, 2.45) is 7.05 Å². The molecule has 0 saturated carbocycles. The van der Waals surface area contributed by atoms with E-state index in [0.717, 1.165) is 20.4 Å². The number of benzene rings is 1. The molecule has 0 aliphatic rings. The Morgan fingerprint density at radius 2 is 2.15 bits per heavy atom. The van der Waals surface area contributed by atoms with Gasteiger partial charge in [-0.3, -0.25) is 19.4 Å². The maximum atomic E-state index is 13.1. The van der Waals surface area contributed by atoms with Crippen LogP contribution in [0.3, 0.4) is 0 Å². The molecule has 1 aromatic carbocycles. The summed E-state index contributed by atoms with van der Waals surface area (Å²) in [7, 11) is 1.79.